The minimum absolute atomic E-state index is 0.0224. The molecule has 0 aliphatic carbocycles. The molecule has 1 aromatic rings. The van der Waals surface area contributed by atoms with E-state index in [-0.39, 0.29) is 5.91 Å². The summed E-state index contributed by atoms with van der Waals surface area (Å²) in [7, 11) is 0. The molecule has 2 heterocycles. The highest BCUT2D eigenvalue weighted by molar-refractivity contribution is 7.13. The maximum absolute atomic E-state index is 11.8. The van der Waals surface area contributed by atoms with E-state index in [1.165, 1.54) is 30.6 Å². The molecule has 6 heteroatoms. The highest BCUT2D eigenvalue weighted by Crippen LogP contribution is 2.12. The number of carbonyl (C=O) groups excluding carboxylic acids is 1. The number of carbonyl (C=O) groups is 1. The standard InChI is InChI=1S/C13H22N4OS/c1-10(17-5-3-2-4-6-17)8-15-12(18)7-11-9-19-13(14)16-11/h9-10H,2-8H2,1H3,(H2,14,16)(H,15,18). The molecule has 0 bridgehead atoms. The zero-order chi connectivity index (χ0) is 13.7. The Labute approximate surface area is 118 Å². The topological polar surface area (TPSA) is 71.2 Å². The van der Waals surface area contributed by atoms with Gasteiger partial charge in [0.25, 0.3) is 0 Å². The third kappa shape index (κ3) is 4.47. The molecule has 1 aliphatic heterocycles. The predicted octanol–water partition coefficient (Wildman–Crippen LogP) is 1.26. The Balaban J connectivity index is 1.70. The maximum atomic E-state index is 11.8. The van der Waals surface area contributed by atoms with Gasteiger partial charge in [0.2, 0.25) is 5.91 Å². The second-order valence-corrected chi connectivity index (χ2v) is 5.99. The van der Waals surface area contributed by atoms with Crippen molar-refractivity contribution in [3.63, 3.8) is 0 Å². The monoisotopic (exact) mass is 282 g/mol. The second-order valence-electron chi connectivity index (χ2n) is 5.10. The van der Waals surface area contributed by atoms with Crippen LogP contribution in [0.2, 0.25) is 0 Å². The van der Waals surface area contributed by atoms with Gasteiger partial charge in [-0.15, -0.1) is 11.3 Å². The fraction of sp³-hybridized carbons (Fsp3) is 0.692. The summed E-state index contributed by atoms with van der Waals surface area (Å²) in [5.41, 5.74) is 6.30. The predicted molar refractivity (Wildman–Crippen MR) is 78.1 cm³/mol. The lowest BCUT2D eigenvalue weighted by Crippen LogP contribution is -2.44. The first-order chi connectivity index (χ1) is 9.15. The molecule has 19 heavy (non-hydrogen) atoms. The molecule has 0 spiro atoms. The molecule has 1 atom stereocenters. The normalized spacial score (nSPS) is 18.2. The Hall–Kier alpha value is -1.14. The number of aromatic nitrogens is 1. The summed E-state index contributed by atoms with van der Waals surface area (Å²) in [4.78, 5) is 18.3. The quantitative estimate of drug-likeness (QED) is 0.853. The van der Waals surface area contributed by atoms with Crippen LogP contribution in [-0.4, -0.2) is 41.5 Å². The largest absolute Gasteiger partial charge is 0.375 e. The molecule has 5 nitrogen and oxygen atoms in total. The van der Waals surface area contributed by atoms with Crippen LogP contribution in [0.5, 0.6) is 0 Å². The SMILES string of the molecule is CC(CNC(=O)Cc1csc(N)n1)N1CCCCC1. The minimum Gasteiger partial charge on any atom is -0.375 e. The van der Waals surface area contributed by atoms with E-state index in [1.807, 2.05) is 5.38 Å². The van der Waals surface area contributed by atoms with Crippen molar-refractivity contribution >= 4 is 22.4 Å². The summed E-state index contributed by atoms with van der Waals surface area (Å²) >= 11 is 1.37. The van der Waals surface area contributed by atoms with Crippen molar-refractivity contribution in [3.8, 4) is 0 Å². The molecule has 106 valence electrons. The van der Waals surface area contributed by atoms with Crippen LogP contribution in [0.15, 0.2) is 5.38 Å². The highest BCUT2D eigenvalue weighted by atomic mass is 32.1. The molecule has 1 aliphatic rings. The molecule has 1 aromatic heterocycles. The van der Waals surface area contributed by atoms with E-state index in [1.54, 1.807) is 0 Å². The number of hydrogen-bond acceptors (Lipinski definition) is 5. The van der Waals surface area contributed by atoms with Crippen molar-refractivity contribution in [1.29, 1.82) is 0 Å². The summed E-state index contributed by atoms with van der Waals surface area (Å²) in [6.07, 6.45) is 4.20. The van der Waals surface area contributed by atoms with Crippen molar-refractivity contribution in [2.75, 3.05) is 25.4 Å². The lowest BCUT2D eigenvalue weighted by molar-refractivity contribution is -0.120. The van der Waals surface area contributed by atoms with Crippen LogP contribution in [0.4, 0.5) is 5.13 Å². The van der Waals surface area contributed by atoms with Gasteiger partial charge in [-0.1, -0.05) is 6.42 Å². The van der Waals surface area contributed by atoms with Crippen molar-refractivity contribution < 1.29 is 4.79 Å². The Morgan fingerprint density at radius 3 is 2.89 bits per heavy atom. The van der Waals surface area contributed by atoms with Gasteiger partial charge in [-0.25, -0.2) is 4.98 Å². The van der Waals surface area contributed by atoms with Gasteiger partial charge in [0.15, 0.2) is 5.13 Å². The van der Waals surface area contributed by atoms with E-state index in [2.05, 4.69) is 22.1 Å². The van der Waals surface area contributed by atoms with E-state index in [9.17, 15) is 4.79 Å². The van der Waals surface area contributed by atoms with Crippen LogP contribution in [-0.2, 0) is 11.2 Å². The summed E-state index contributed by atoms with van der Waals surface area (Å²) in [5, 5.41) is 5.34. The summed E-state index contributed by atoms with van der Waals surface area (Å²) in [6.45, 7) is 5.18. The van der Waals surface area contributed by atoms with Crippen molar-refractivity contribution in [2.24, 2.45) is 0 Å². The number of piperidine rings is 1. The first kappa shape index (κ1) is 14.3. The number of amides is 1. The zero-order valence-corrected chi connectivity index (χ0v) is 12.2. The summed E-state index contributed by atoms with van der Waals surface area (Å²) in [5.74, 6) is 0.0224. The molecule has 1 fully saturated rings. The third-order valence-electron chi connectivity index (χ3n) is 3.52. The van der Waals surface area contributed by atoms with Gasteiger partial charge in [-0.2, -0.15) is 0 Å². The van der Waals surface area contributed by atoms with Crippen LogP contribution < -0.4 is 11.1 Å². The molecular formula is C13H22N4OS. The highest BCUT2D eigenvalue weighted by Gasteiger charge is 2.17. The molecule has 1 unspecified atom stereocenters. The summed E-state index contributed by atoms with van der Waals surface area (Å²) < 4.78 is 0. The minimum atomic E-state index is 0.0224. The van der Waals surface area contributed by atoms with Gasteiger partial charge < -0.3 is 11.1 Å². The zero-order valence-electron chi connectivity index (χ0n) is 11.4. The van der Waals surface area contributed by atoms with Crippen molar-refractivity contribution in [3.05, 3.63) is 11.1 Å². The van der Waals surface area contributed by atoms with Gasteiger partial charge >= 0.3 is 0 Å². The Morgan fingerprint density at radius 1 is 1.53 bits per heavy atom. The van der Waals surface area contributed by atoms with E-state index in [4.69, 9.17) is 5.73 Å². The third-order valence-corrected chi connectivity index (χ3v) is 4.24. The fourth-order valence-corrected chi connectivity index (χ4v) is 2.94. The van der Waals surface area contributed by atoms with Crippen LogP contribution in [0.3, 0.4) is 0 Å². The molecule has 0 saturated carbocycles. The number of rotatable bonds is 5. The van der Waals surface area contributed by atoms with Crippen molar-refractivity contribution in [1.82, 2.24) is 15.2 Å². The van der Waals surface area contributed by atoms with E-state index < -0.39 is 0 Å². The van der Waals surface area contributed by atoms with Gasteiger partial charge in [0, 0.05) is 18.0 Å². The number of nitrogen functional groups attached to an aromatic ring is 1. The number of nitrogens with one attached hydrogen (secondary N) is 1. The molecule has 3 N–H and O–H groups in total. The molecule has 1 amide bonds. The van der Waals surface area contributed by atoms with Gasteiger partial charge in [-0.05, 0) is 32.9 Å². The maximum Gasteiger partial charge on any atom is 0.226 e. The number of nitrogens with zero attached hydrogens (tertiary/aromatic N) is 2. The first-order valence-electron chi connectivity index (χ1n) is 6.86. The van der Waals surface area contributed by atoms with Gasteiger partial charge in [0.1, 0.15) is 0 Å². The number of hydrogen-bond donors (Lipinski definition) is 2. The van der Waals surface area contributed by atoms with Crippen LogP contribution >= 0.6 is 11.3 Å². The Bertz CT molecular complexity index is 415. The number of likely N-dealkylation sites (tertiary alicyclic amines) is 1. The number of anilines is 1. The van der Waals surface area contributed by atoms with E-state index in [0.29, 0.717) is 24.1 Å². The fourth-order valence-electron chi connectivity index (χ4n) is 2.38. The smallest absolute Gasteiger partial charge is 0.226 e. The average molecular weight is 282 g/mol. The van der Waals surface area contributed by atoms with Gasteiger partial charge in [-0.3, -0.25) is 9.69 Å². The Kier molecular flexibility index (Phi) is 5.15. The van der Waals surface area contributed by atoms with Crippen molar-refractivity contribution in [2.45, 2.75) is 38.6 Å². The number of nitrogens with two attached hydrogens (primary N) is 1. The van der Waals surface area contributed by atoms with E-state index >= 15 is 0 Å². The van der Waals surface area contributed by atoms with Crippen LogP contribution in [0, 0.1) is 0 Å². The molecule has 2 rings (SSSR count). The molecule has 1 saturated heterocycles. The molecular weight excluding hydrogens is 260 g/mol. The molecule has 0 radical (unpaired) electrons. The summed E-state index contributed by atoms with van der Waals surface area (Å²) in [6, 6.07) is 0.407. The lowest BCUT2D eigenvalue weighted by atomic mass is 10.1. The van der Waals surface area contributed by atoms with Crippen LogP contribution in [0.25, 0.3) is 0 Å². The first-order valence-corrected chi connectivity index (χ1v) is 7.74. The number of thiazole rings is 1. The Morgan fingerprint density at radius 2 is 2.26 bits per heavy atom. The second kappa shape index (κ2) is 6.86. The van der Waals surface area contributed by atoms with Gasteiger partial charge in [0.05, 0.1) is 12.1 Å². The van der Waals surface area contributed by atoms with Crippen LogP contribution in [0.1, 0.15) is 31.9 Å². The van der Waals surface area contributed by atoms with E-state index in [0.717, 1.165) is 18.8 Å². The lowest BCUT2D eigenvalue weighted by Gasteiger charge is -2.32. The average Bonchev–Trinajstić information content (AvgIpc) is 2.82. The molecule has 0 aromatic carbocycles.